The van der Waals surface area contributed by atoms with Gasteiger partial charge < -0.3 is 15.1 Å². The van der Waals surface area contributed by atoms with Crippen LogP contribution in [0.2, 0.25) is 0 Å². The number of anilines is 1. The standard InChI is InChI=1S/C38H36N4O2/c1-41-36(27-40)38(31-16-8-3-9-17-31)32(26-39)20-21-33-25-35(30-14-6-2-7-15-30)34-18-10-11-19-37(34)42(33)23-12-4-5-13-29(28-44)22-24-43/h2-3,6-11,14-21,25,29,43-44H,4-5,12-13,22-24,28H2/b32-20?,33-21?,38-36-. The molecule has 1 unspecified atom stereocenters. The lowest BCUT2D eigenvalue weighted by molar-refractivity contribution is 0.174. The molecule has 0 bridgehead atoms. The van der Waals surface area contributed by atoms with E-state index in [0.29, 0.717) is 17.6 Å². The van der Waals surface area contributed by atoms with E-state index in [2.05, 4.69) is 46.2 Å². The molecule has 0 fully saturated rings. The summed E-state index contributed by atoms with van der Waals surface area (Å²) in [5.74, 6) is 0.123. The minimum absolute atomic E-state index is 0.0884. The van der Waals surface area contributed by atoms with Crippen LogP contribution in [0.25, 0.3) is 16.0 Å². The summed E-state index contributed by atoms with van der Waals surface area (Å²) in [5, 5.41) is 38.8. The van der Waals surface area contributed by atoms with Crippen LogP contribution in [0.1, 0.15) is 48.8 Å². The number of para-hydroxylation sites is 1. The smallest absolute Gasteiger partial charge is 0.270 e. The maximum absolute atomic E-state index is 10.2. The van der Waals surface area contributed by atoms with Crippen molar-refractivity contribution in [2.24, 2.45) is 5.92 Å². The van der Waals surface area contributed by atoms with E-state index < -0.39 is 0 Å². The van der Waals surface area contributed by atoms with Crippen molar-refractivity contribution in [2.45, 2.75) is 32.1 Å². The van der Waals surface area contributed by atoms with Crippen molar-refractivity contribution in [3.8, 4) is 12.1 Å². The lowest BCUT2D eigenvalue weighted by Gasteiger charge is -2.33. The second-order valence-electron chi connectivity index (χ2n) is 10.6. The zero-order valence-electron chi connectivity index (χ0n) is 24.7. The molecule has 0 spiro atoms. The Morgan fingerprint density at radius 3 is 2.23 bits per heavy atom. The van der Waals surface area contributed by atoms with Gasteiger partial charge in [0, 0.05) is 42.3 Å². The molecule has 3 aromatic rings. The molecule has 1 atom stereocenters. The minimum Gasteiger partial charge on any atom is -0.396 e. The van der Waals surface area contributed by atoms with Gasteiger partial charge in [-0.25, -0.2) is 10.1 Å². The molecule has 1 heterocycles. The van der Waals surface area contributed by atoms with Crippen molar-refractivity contribution in [1.82, 2.24) is 0 Å². The lowest BCUT2D eigenvalue weighted by atomic mass is 9.91. The van der Waals surface area contributed by atoms with E-state index in [9.17, 15) is 20.7 Å². The van der Waals surface area contributed by atoms with Gasteiger partial charge in [0.05, 0.1) is 24.3 Å². The monoisotopic (exact) mass is 580 g/mol. The SMILES string of the molecule is [C-]#[N+]/C(C#N)=C(\C(C#N)=CC=C1C=C(c2ccccc2)c2ccccc2N1CCCCCC(CO)CCO)c1ccccc1. The Kier molecular flexibility index (Phi) is 11.9. The van der Waals surface area contributed by atoms with Crippen LogP contribution in [-0.4, -0.2) is 30.0 Å². The molecule has 1 aliphatic heterocycles. The number of aliphatic hydroxyl groups excluding tert-OH is 2. The molecule has 0 aliphatic carbocycles. The number of fused-ring (bicyclic) bond motifs is 1. The molecule has 4 rings (SSSR count). The predicted octanol–water partition coefficient (Wildman–Crippen LogP) is 7.68. The average Bonchev–Trinajstić information content (AvgIpc) is 3.08. The molecule has 1 aliphatic rings. The zero-order valence-corrected chi connectivity index (χ0v) is 24.7. The van der Waals surface area contributed by atoms with Gasteiger partial charge in [0.15, 0.2) is 0 Å². The summed E-state index contributed by atoms with van der Waals surface area (Å²) in [6.45, 7) is 8.52. The second kappa shape index (κ2) is 16.4. The molecular formula is C38H36N4O2. The fourth-order valence-electron chi connectivity index (χ4n) is 5.52. The number of nitriles is 2. The van der Waals surface area contributed by atoms with Crippen molar-refractivity contribution in [1.29, 1.82) is 10.5 Å². The Morgan fingerprint density at radius 2 is 1.57 bits per heavy atom. The quantitative estimate of drug-likeness (QED) is 0.0936. The van der Waals surface area contributed by atoms with Crippen LogP contribution < -0.4 is 4.90 Å². The van der Waals surface area contributed by atoms with E-state index in [4.69, 9.17) is 6.57 Å². The van der Waals surface area contributed by atoms with Crippen LogP contribution >= 0.6 is 0 Å². The molecule has 2 N–H and O–H groups in total. The fourth-order valence-corrected chi connectivity index (χ4v) is 5.52. The van der Waals surface area contributed by atoms with E-state index in [0.717, 1.165) is 60.3 Å². The number of benzene rings is 3. The molecular weight excluding hydrogens is 544 g/mol. The average molecular weight is 581 g/mol. The first-order chi connectivity index (χ1) is 21.6. The highest BCUT2D eigenvalue weighted by molar-refractivity contribution is 5.92. The number of aliphatic hydroxyl groups is 2. The summed E-state index contributed by atoms with van der Waals surface area (Å²) in [6, 6.07) is 31.8. The third kappa shape index (κ3) is 7.80. The van der Waals surface area contributed by atoms with Gasteiger partial charge in [-0.05, 0) is 66.2 Å². The number of nitrogens with zero attached hydrogens (tertiary/aromatic N) is 4. The fraction of sp³-hybridized carbons (Fsp3) is 0.237. The van der Waals surface area contributed by atoms with E-state index >= 15 is 0 Å². The first-order valence-electron chi connectivity index (χ1n) is 14.9. The Bertz CT molecular complexity index is 1650. The summed E-state index contributed by atoms with van der Waals surface area (Å²) in [4.78, 5) is 5.70. The molecule has 0 saturated carbocycles. The van der Waals surface area contributed by atoms with Crippen molar-refractivity contribution in [2.75, 3.05) is 24.7 Å². The molecule has 0 amide bonds. The van der Waals surface area contributed by atoms with Gasteiger partial charge in [-0.3, -0.25) is 0 Å². The van der Waals surface area contributed by atoms with Crippen molar-refractivity contribution < 1.29 is 10.2 Å². The van der Waals surface area contributed by atoms with Gasteiger partial charge in [-0.2, -0.15) is 5.26 Å². The molecule has 3 aromatic carbocycles. The molecule has 0 radical (unpaired) electrons. The number of allylic oxidation sites excluding steroid dienone is 6. The van der Waals surface area contributed by atoms with E-state index in [-0.39, 0.29) is 30.4 Å². The van der Waals surface area contributed by atoms with Crippen LogP contribution in [-0.2, 0) is 0 Å². The van der Waals surface area contributed by atoms with Crippen molar-refractivity contribution in [3.05, 3.63) is 148 Å². The maximum atomic E-state index is 10.2. The van der Waals surface area contributed by atoms with E-state index in [1.165, 1.54) is 0 Å². The van der Waals surface area contributed by atoms with Gasteiger partial charge in [-0.1, -0.05) is 91.7 Å². The second-order valence-corrected chi connectivity index (χ2v) is 10.6. The molecule has 6 nitrogen and oxygen atoms in total. The van der Waals surface area contributed by atoms with Crippen LogP contribution in [0.15, 0.2) is 120 Å². The summed E-state index contributed by atoms with van der Waals surface area (Å²) >= 11 is 0. The van der Waals surface area contributed by atoms with Crippen LogP contribution in [0.3, 0.4) is 0 Å². The summed E-state index contributed by atoms with van der Waals surface area (Å²) in [6.07, 6.45) is 10.1. The van der Waals surface area contributed by atoms with Crippen molar-refractivity contribution in [3.63, 3.8) is 0 Å². The van der Waals surface area contributed by atoms with Crippen molar-refractivity contribution >= 4 is 16.8 Å². The zero-order chi connectivity index (χ0) is 31.1. The van der Waals surface area contributed by atoms with Gasteiger partial charge >= 0.3 is 0 Å². The molecule has 0 aromatic heterocycles. The van der Waals surface area contributed by atoms with Gasteiger partial charge in [0.25, 0.3) is 5.70 Å². The van der Waals surface area contributed by atoms with E-state index in [1.54, 1.807) is 18.2 Å². The van der Waals surface area contributed by atoms with E-state index in [1.807, 2.05) is 60.7 Å². The Morgan fingerprint density at radius 1 is 0.864 bits per heavy atom. The van der Waals surface area contributed by atoms with Crippen LogP contribution in [0.4, 0.5) is 5.69 Å². The van der Waals surface area contributed by atoms with Gasteiger partial charge in [0.1, 0.15) is 0 Å². The number of hydrogen-bond donors (Lipinski definition) is 2. The normalized spacial score (nSPS) is 14.9. The Labute approximate surface area is 260 Å². The molecule has 0 saturated heterocycles. The molecule has 44 heavy (non-hydrogen) atoms. The third-order valence-corrected chi connectivity index (χ3v) is 7.79. The highest BCUT2D eigenvalue weighted by Crippen LogP contribution is 2.39. The predicted molar refractivity (Wildman–Crippen MR) is 175 cm³/mol. The lowest BCUT2D eigenvalue weighted by Crippen LogP contribution is -2.26. The number of rotatable bonds is 13. The largest absolute Gasteiger partial charge is 0.396 e. The van der Waals surface area contributed by atoms with Gasteiger partial charge in [-0.15, -0.1) is 0 Å². The third-order valence-electron chi connectivity index (χ3n) is 7.79. The Hall–Kier alpha value is -5.19. The number of hydrogen-bond acceptors (Lipinski definition) is 5. The van der Waals surface area contributed by atoms with Gasteiger partial charge in [0.2, 0.25) is 0 Å². The van der Waals surface area contributed by atoms with Crippen LogP contribution in [0.5, 0.6) is 0 Å². The van der Waals surface area contributed by atoms with Crippen LogP contribution in [0, 0.1) is 35.2 Å². The summed E-state index contributed by atoms with van der Waals surface area (Å²) in [7, 11) is 0. The maximum Gasteiger partial charge on any atom is 0.270 e. The molecule has 220 valence electrons. The highest BCUT2D eigenvalue weighted by atomic mass is 16.3. The topological polar surface area (TPSA) is 95.6 Å². The molecule has 6 heteroatoms. The highest BCUT2D eigenvalue weighted by Gasteiger charge is 2.23. The Balaban J connectivity index is 1.75. The summed E-state index contributed by atoms with van der Waals surface area (Å²) in [5.41, 5.74) is 6.31. The summed E-state index contributed by atoms with van der Waals surface area (Å²) < 4.78 is 0. The first-order valence-corrected chi connectivity index (χ1v) is 14.9. The minimum atomic E-state index is -0.129. The number of unbranched alkanes of at least 4 members (excludes halogenated alkanes) is 2. The first kappa shape index (κ1) is 31.7.